The molecular formula is C62H112O6. The van der Waals surface area contributed by atoms with Gasteiger partial charge >= 0.3 is 17.9 Å². The number of carbonyl (C=O) groups excluding carboxylic acids is 3. The van der Waals surface area contributed by atoms with Crippen molar-refractivity contribution < 1.29 is 28.6 Å². The molecule has 0 saturated heterocycles. The average Bonchev–Trinajstić information content (AvgIpc) is 3.34. The third-order valence-electron chi connectivity index (χ3n) is 13.1. The second kappa shape index (κ2) is 57.0. The Morgan fingerprint density at radius 2 is 0.544 bits per heavy atom. The monoisotopic (exact) mass is 953 g/mol. The molecular weight excluding hydrogens is 841 g/mol. The zero-order valence-corrected chi connectivity index (χ0v) is 45.4. The summed E-state index contributed by atoms with van der Waals surface area (Å²) in [5.74, 6) is -0.886. The third-order valence-corrected chi connectivity index (χ3v) is 13.1. The minimum atomic E-state index is -0.781. The van der Waals surface area contributed by atoms with Crippen LogP contribution in [0.5, 0.6) is 0 Å². The van der Waals surface area contributed by atoms with E-state index in [-0.39, 0.29) is 31.1 Å². The minimum Gasteiger partial charge on any atom is -0.462 e. The molecule has 0 aliphatic rings. The Labute approximate surface area is 422 Å². The molecule has 0 fully saturated rings. The van der Waals surface area contributed by atoms with Gasteiger partial charge in [-0.3, -0.25) is 14.4 Å². The van der Waals surface area contributed by atoms with E-state index in [2.05, 4.69) is 69.4 Å². The van der Waals surface area contributed by atoms with E-state index < -0.39 is 6.10 Å². The van der Waals surface area contributed by atoms with Crippen LogP contribution in [0.2, 0.25) is 0 Å². The number of hydrogen-bond acceptors (Lipinski definition) is 6. The number of hydrogen-bond donors (Lipinski definition) is 0. The fourth-order valence-corrected chi connectivity index (χ4v) is 8.62. The molecule has 0 aliphatic carbocycles. The molecule has 0 amide bonds. The lowest BCUT2D eigenvalue weighted by atomic mass is 10.0. The highest BCUT2D eigenvalue weighted by Gasteiger charge is 2.19. The summed E-state index contributed by atoms with van der Waals surface area (Å²) in [6.45, 7) is 6.63. The van der Waals surface area contributed by atoms with Crippen molar-refractivity contribution in [2.45, 2.75) is 316 Å². The fraction of sp³-hybridized carbons (Fsp3) is 0.823. The Balaban J connectivity index is 4.39. The first-order chi connectivity index (χ1) is 33.5. The second-order valence-corrected chi connectivity index (χ2v) is 20.0. The van der Waals surface area contributed by atoms with Crippen LogP contribution in [-0.2, 0) is 28.6 Å². The predicted molar refractivity (Wildman–Crippen MR) is 293 cm³/mol. The van der Waals surface area contributed by atoms with Crippen LogP contribution in [0.1, 0.15) is 310 Å². The summed E-state index contributed by atoms with van der Waals surface area (Å²) in [4.78, 5) is 38.2. The van der Waals surface area contributed by atoms with E-state index in [0.29, 0.717) is 19.3 Å². The molecule has 0 aromatic carbocycles. The summed E-state index contributed by atoms with van der Waals surface area (Å²) in [7, 11) is 0. The summed E-state index contributed by atoms with van der Waals surface area (Å²) in [6.07, 6.45) is 69.5. The first-order valence-electron chi connectivity index (χ1n) is 29.7. The molecule has 0 N–H and O–H groups in total. The van der Waals surface area contributed by atoms with Crippen LogP contribution in [0.15, 0.2) is 48.6 Å². The molecule has 0 spiro atoms. The molecule has 396 valence electrons. The molecule has 0 aromatic heterocycles. The summed E-state index contributed by atoms with van der Waals surface area (Å²) in [5.41, 5.74) is 0. The molecule has 1 atom stereocenters. The highest BCUT2D eigenvalue weighted by molar-refractivity contribution is 5.71. The number of unbranched alkanes of at least 4 members (excludes halogenated alkanes) is 37. The Bertz CT molecular complexity index is 1190. The normalized spacial score (nSPS) is 12.3. The van der Waals surface area contributed by atoms with Gasteiger partial charge in [0, 0.05) is 19.3 Å². The van der Waals surface area contributed by atoms with Crippen molar-refractivity contribution in [2.75, 3.05) is 13.2 Å². The van der Waals surface area contributed by atoms with Gasteiger partial charge in [0.1, 0.15) is 13.2 Å². The Morgan fingerprint density at radius 1 is 0.294 bits per heavy atom. The van der Waals surface area contributed by atoms with Crippen molar-refractivity contribution in [1.29, 1.82) is 0 Å². The van der Waals surface area contributed by atoms with Crippen LogP contribution in [0, 0.1) is 0 Å². The zero-order valence-electron chi connectivity index (χ0n) is 45.4. The standard InChI is InChI=1S/C62H112O6/c1-4-7-10-13-16-19-22-25-28-30-32-34-37-40-43-46-49-52-55-61(64)67-58-59(57-66-60(63)54-51-48-45-42-39-36-33-27-24-21-18-15-12-9-6-3)68-62(65)56-53-50-47-44-41-38-35-31-29-26-23-20-17-14-11-8-5-2/h21-22,24-25,28,30,32,34,59H,4-20,23,26-27,29,31,33,35-58H2,1-3H3/b24-21-,25-22-,30-28-,34-32-. The van der Waals surface area contributed by atoms with Crippen molar-refractivity contribution in [3.8, 4) is 0 Å². The van der Waals surface area contributed by atoms with Gasteiger partial charge in [0.2, 0.25) is 0 Å². The SMILES string of the molecule is CCCCCC/C=C\CCCCCCCCCC(=O)OCC(COC(=O)CCCCCCC\C=C/C=C\C=C/CCCCCCC)OC(=O)CCCCCCCCCCCCCCCCCCC. The molecule has 6 nitrogen and oxygen atoms in total. The topological polar surface area (TPSA) is 78.9 Å². The molecule has 0 radical (unpaired) electrons. The third kappa shape index (κ3) is 54.3. The van der Waals surface area contributed by atoms with E-state index in [1.165, 1.54) is 193 Å². The molecule has 6 heteroatoms. The minimum absolute atomic E-state index is 0.0791. The molecule has 68 heavy (non-hydrogen) atoms. The number of ether oxygens (including phenoxy) is 3. The van der Waals surface area contributed by atoms with Crippen molar-refractivity contribution in [3.05, 3.63) is 48.6 Å². The van der Waals surface area contributed by atoms with Crippen LogP contribution in [0.25, 0.3) is 0 Å². The molecule has 0 saturated carbocycles. The van der Waals surface area contributed by atoms with Crippen molar-refractivity contribution >= 4 is 17.9 Å². The largest absolute Gasteiger partial charge is 0.462 e. The van der Waals surface area contributed by atoms with Gasteiger partial charge in [-0.05, 0) is 70.6 Å². The lowest BCUT2D eigenvalue weighted by molar-refractivity contribution is -0.167. The second-order valence-electron chi connectivity index (χ2n) is 20.0. The number of carbonyl (C=O) groups is 3. The zero-order chi connectivity index (χ0) is 49.3. The summed E-state index contributed by atoms with van der Waals surface area (Å²) in [5, 5.41) is 0. The maximum atomic E-state index is 12.9. The first kappa shape index (κ1) is 65.4. The smallest absolute Gasteiger partial charge is 0.306 e. The van der Waals surface area contributed by atoms with E-state index >= 15 is 0 Å². The van der Waals surface area contributed by atoms with Crippen LogP contribution >= 0.6 is 0 Å². The number of rotatable bonds is 54. The quantitative estimate of drug-likeness (QED) is 0.0199. The van der Waals surface area contributed by atoms with Crippen LogP contribution < -0.4 is 0 Å². The maximum Gasteiger partial charge on any atom is 0.306 e. The average molecular weight is 954 g/mol. The molecule has 0 aliphatic heterocycles. The summed E-state index contributed by atoms with van der Waals surface area (Å²) < 4.78 is 16.9. The molecule has 0 rings (SSSR count). The first-order valence-corrected chi connectivity index (χ1v) is 29.7. The van der Waals surface area contributed by atoms with E-state index in [4.69, 9.17) is 14.2 Å². The van der Waals surface area contributed by atoms with Gasteiger partial charge in [-0.15, -0.1) is 0 Å². The summed E-state index contributed by atoms with van der Waals surface area (Å²) >= 11 is 0. The van der Waals surface area contributed by atoms with Gasteiger partial charge in [-0.2, -0.15) is 0 Å². The highest BCUT2D eigenvalue weighted by atomic mass is 16.6. The van der Waals surface area contributed by atoms with Gasteiger partial charge in [0.15, 0.2) is 6.10 Å². The summed E-state index contributed by atoms with van der Waals surface area (Å²) in [6, 6.07) is 0. The van der Waals surface area contributed by atoms with Gasteiger partial charge in [0.25, 0.3) is 0 Å². The lowest BCUT2D eigenvalue weighted by Gasteiger charge is -2.18. The van der Waals surface area contributed by atoms with Gasteiger partial charge in [-0.1, -0.05) is 268 Å². The highest BCUT2D eigenvalue weighted by Crippen LogP contribution is 2.16. The molecule has 0 aromatic rings. The van der Waals surface area contributed by atoms with E-state index in [1.54, 1.807) is 0 Å². The molecule has 1 unspecified atom stereocenters. The fourth-order valence-electron chi connectivity index (χ4n) is 8.62. The predicted octanol–water partition coefficient (Wildman–Crippen LogP) is 19.8. The van der Waals surface area contributed by atoms with Gasteiger partial charge < -0.3 is 14.2 Å². The van der Waals surface area contributed by atoms with Crippen molar-refractivity contribution in [1.82, 2.24) is 0 Å². The van der Waals surface area contributed by atoms with Crippen LogP contribution in [-0.4, -0.2) is 37.2 Å². The van der Waals surface area contributed by atoms with Gasteiger partial charge in [0.05, 0.1) is 0 Å². The van der Waals surface area contributed by atoms with Crippen molar-refractivity contribution in [3.63, 3.8) is 0 Å². The number of esters is 3. The van der Waals surface area contributed by atoms with Crippen LogP contribution in [0.3, 0.4) is 0 Å². The Morgan fingerprint density at radius 3 is 0.868 bits per heavy atom. The van der Waals surface area contributed by atoms with E-state index in [1.807, 2.05) is 0 Å². The van der Waals surface area contributed by atoms with Gasteiger partial charge in [-0.25, -0.2) is 0 Å². The van der Waals surface area contributed by atoms with Crippen molar-refractivity contribution in [2.24, 2.45) is 0 Å². The molecule has 0 heterocycles. The van der Waals surface area contributed by atoms with E-state index in [0.717, 1.165) is 77.0 Å². The maximum absolute atomic E-state index is 12.9. The van der Waals surface area contributed by atoms with Crippen LogP contribution in [0.4, 0.5) is 0 Å². The Kier molecular flexibility index (Phi) is 54.8. The number of allylic oxidation sites excluding steroid dienone is 8. The lowest BCUT2D eigenvalue weighted by Crippen LogP contribution is -2.30. The molecule has 0 bridgehead atoms. The van der Waals surface area contributed by atoms with E-state index in [9.17, 15) is 14.4 Å². The Hall–Kier alpha value is -2.63.